The molecule has 3 rings (SSSR count). The summed E-state index contributed by atoms with van der Waals surface area (Å²) in [5, 5.41) is 5.44. The van der Waals surface area contributed by atoms with Gasteiger partial charge in [-0.1, -0.05) is 6.07 Å². The third-order valence-electron chi connectivity index (χ3n) is 4.12. The Morgan fingerprint density at radius 1 is 1.23 bits per heavy atom. The lowest BCUT2D eigenvalue weighted by molar-refractivity contribution is 0.217. The lowest BCUT2D eigenvalue weighted by Crippen LogP contribution is -2.28. The number of fused-ring (bicyclic) bond motifs is 1. The van der Waals surface area contributed by atoms with Crippen LogP contribution < -0.4 is 15.4 Å². The van der Waals surface area contributed by atoms with Crippen LogP contribution in [0.15, 0.2) is 36.4 Å². The SMILES string of the molecule is CCNC(=O)Nc1ccc2c(c1)CN(Cc1ccc(F)cc1F)CCO2. The average molecular weight is 361 g/mol. The largest absolute Gasteiger partial charge is 0.492 e. The molecule has 0 radical (unpaired) electrons. The molecule has 0 aromatic heterocycles. The molecule has 2 aromatic carbocycles. The number of ether oxygens (including phenoxy) is 1. The van der Waals surface area contributed by atoms with E-state index in [1.165, 1.54) is 12.1 Å². The van der Waals surface area contributed by atoms with Crippen molar-refractivity contribution in [3.63, 3.8) is 0 Å². The number of carbonyl (C=O) groups excluding carboxylic acids is 1. The quantitative estimate of drug-likeness (QED) is 0.876. The van der Waals surface area contributed by atoms with E-state index < -0.39 is 11.6 Å². The van der Waals surface area contributed by atoms with Gasteiger partial charge in [-0.15, -0.1) is 0 Å². The summed E-state index contributed by atoms with van der Waals surface area (Å²) in [7, 11) is 0. The van der Waals surface area contributed by atoms with Crippen molar-refractivity contribution in [1.29, 1.82) is 0 Å². The van der Waals surface area contributed by atoms with E-state index in [-0.39, 0.29) is 6.03 Å². The molecule has 7 heteroatoms. The van der Waals surface area contributed by atoms with Crippen LogP contribution in [0.3, 0.4) is 0 Å². The summed E-state index contributed by atoms with van der Waals surface area (Å²) in [6.45, 7) is 4.36. The number of rotatable bonds is 4. The van der Waals surface area contributed by atoms with Crippen molar-refractivity contribution in [2.75, 3.05) is 25.0 Å². The fraction of sp³-hybridized carbons (Fsp3) is 0.316. The molecule has 0 fully saturated rings. The summed E-state index contributed by atoms with van der Waals surface area (Å²) in [6, 6.07) is 8.80. The maximum atomic E-state index is 13.9. The molecular weight excluding hydrogens is 340 g/mol. The van der Waals surface area contributed by atoms with Crippen molar-refractivity contribution in [2.24, 2.45) is 0 Å². The van der Waals surface area contributed by atoms with Crippen LogP contribution in [-0.2, 0) is 13.1 Å². The zero-order valence-corrected chi connectivity index (χ0v) is 14.5. The highest BCUT2D eigenvalue weighted by Gasteiger charge is 2.18. The summed E-state index contributed by atoms with van der Waals surface area (Å²) in [4.78, 5) is 13.7. The van der Waals surface area contributed by atoms with Crippen LogP contribution in [0.4, 0.5) is 19.3 Å². The molecule has 1 aliphatic heterocycles. The molecule has 2 aromatic rings. The van der Waals surface area contributed by atoms with Crippen molar-refractivity contribution in [3.05, 3.63) is 59.2 Å². The number of halogens is 2. The molecular formula is C19H21F2N3O2. The second-order valence-corrected chi connectivity index (χ2v) is 6.10. The fourth-order valence-corrected chi connectivity index (χ4v) is 2.89. The molecule has 0 unspecified atom stereocenters. The molecule has 1 heterocycles. The van der Waals surface area contributed by atoms with E-state index in [9.17, 15) is 13.6 Å². The second kappa shape index (κ2) is 8.14. The number of urea groups is 1. The van der Waals surface area contributed by atoms with E-state index >= 15 is 0 Å². The van der Waals surface area contributed by atoms with Crippen LogP contribution in [-0.4, -0.2) is 30.6 Å². The number of benzene rings is 2. The van der Waals surface area contributed by atoms with Gasteiger partial charge in [0.15, 0.2) is 0 Å². The lowest BCUT2D eigenvalue weighted by atomic mass is 10.1. The first-order valence-corrected chi connectivity index (χ1v) is 8.52. The molecule has 0 saturated heterocycles. The van der Waals surface area contributed by atoms with E-state index in [2.05, 4.69) is 10.6 Å². The molecule has 0 spiro atoms. The van der Waals surface area contributed by atoms with Crippen molar-refractivity contribution >= 4 is 11.7 Å². The number of anilines is 1. The normalized spacial score (nSPS) is 14.1. The van der Waals surface area contributed by atoms with E-state index in [0.717, 1.165) is 17.4 Å². The fourth-order valence-electron chi connectivity index (χ4n) is 2.89. The number of carbonyl (C=O) groups is 1. The van der Waals surface area contributed by atoms with E-state index in [1.54, 1.807) is 6.07 Å². The van der Waals surface area contributed by atoms with E-state index in [1.807, 2.05) is 24.0 Å². The third kappa shape index (κ3) is 4.49. The number of hydrogen-bond acceptors (Lipinski definition) is 3. The standard InChI is InChI=1S/C19H21F2N3O2/c1-2-22-19(25)23-16-5-6-18-14(9-16)12-24(7-8-26-18)11-13-3-4-15(20)10-17(13)21/h3-6,9-10H,2,7-8,11-12H2,1H3,(H2,22,23,25). The summed E-state index contributed by atoms with van der Waals surface area (Å²) in [5.41, 5.74) is 2.00. The van der Waals surface area contributed by atoms with Gasteiger partial charge in [0.25, 0.3) is 0 Å². The van der Waals surface area contributed by atoms with Crippen molar-refractivity contribution in [1.82, 2.24) is 10.2 Å². The second-order valence-electron chi connectivity index (χ2n) is 6.10. The maximum Gasteiger partial charge on any atom is 0.319 e. The van der Waals surface area contributed by atoms with Gasteiger partial charge < -0.3 is 15.4 Å². The van der Waals surface area contributed by atoms with Crippen molar-refractivity contribution < 1.29 is 18.3 Å². The lowest BCUT2D eigenvalue weighted by Gasteiger charge is -2.20. The highest BCUT2D eigenvalue weighted by atomic mass is 19.1. The molecule has 0 saturated carbocycles. The zero-order chi connectivity index (χ0) is 18.5. The molecule has 2 N–H and O–H groups in total. The molecule has 0 aliphatic carbocycles. The Morgan fingerprint density at radius 3 is 2.85 bits per heavy atom. The average Bonchev–Trinajstić information content (AvgIpc) is 2.79. The Hall–Kier alpha value is -2.67. The minimum Gasteiger partial charge on any atom is -0.492 e. The van der Waals surface area contributed by atoms with Gasteiger partial charge in [-0.2, -0.15) is 0 Å². The molecule has 0 bridgehead atoms. The minimum absolute atomic E-state index is 0.271. The zero-order valence-electron chi connectivity index (χ0n) is 14.5. The molecule has 0 atom stereocenters. The van der Waals surface area contributed by atoms with Gasteiger partial charge in [-0.05, 0) is 31.2 Å². The van der Waals surface area contributed by atoms with Gasteiger partial charge >= 0.3 is 6.03 Å². The number of nitrogens with zero attached hydrogens (tertiary/aromatic N) is 1. The highest BCUT2D eigenvalue weighted by Crippen LogP contribution is 2.27. The first-order valence-electron chi connectivity index (χ1n) is 8.52. The Labute approximate surface area is 151 Å². The van der Waals surface area contributed by atoms with Crippen molar-refractivity contribution in [2.45, 2.75) is 20.0 Å². The maximum absolute atomic E-state index is 13.9. The van der Waals surface area contributed by atoms with Crippen LogP contribution in [0.5, 0.6) is 5.75 Å². The summed E-state index contributed by atoms with van der Waals surface area (Å²) < 4.78 is 32.8. The molecule has 26 heavy (non-hydrogen) atoms. The van der Waals surface area contributed by atoms with Gasteiger partial charge in [0.2, 0.25) is 0 Å². The monoisotopic (exact) mass is 361 g/mol. The Bertz CT molecular complexity index is 798. The Kier molecular flexibility index (Phi) is 5.68. The first kappa shape index (κ1) is 18.1. The molecule has 138 valence electrons. The van der Waals surface area contributed by atoms with Crippen LogP contribution in [0.25, 0.3) is 0 Å². The molecule has 1 aliphatic rings. The van der Waals surface area contributed by atoms with E-state index in [4.69, 9.17) is 4.74 Å². The summed E-state index contributed by atoms with van der Waals surface area (Å²) >= 11 is 0. The smallest absolute Gasteiger partial charge is 0.319 e. The third-order valence-corrected chi connectivity index (χ3v) is 4.12. The Balaban J connectivity index is 1.74. The van der Waals surface area contributed by atoms with Gasteiger partial charge in [-0.3, -0.25) is 4.90 Å². The van der Waals surface area contributed by atoms with Crippen molar-refractivity contribution in [3.8, 4) is 5.75 Å². The molecule has 5 nitrogen and oxygen atoms in total. The summed E-state index contributed by atoms with van der Waals surface area (Å²) in [5.74, 6) is -0.396. The first-order chi connectivity index (χ1) is 12.5. The summed E-state index contributed by atoms with van der Waals surface area (Å²) in [6.07, 6.45) is 0. The predicted octanol–water partition coefficient (Wildman–Crippen LogP) is 3.50. The van der Waals surface area contributed by atoms with Crippen LogP contribution in [0.1, 0.15) is 18.1 Å². The number of hydrogen-bond donors (Lipinski definition) is 2. The number of nitrogens with one attached hydrogen (secondary N) is 2. The van der Waals surface area contributed by atoms with Gasteiger partial charge in [-0.25, -0.2) is 13.6 Å². The Morgan fingerprint density at radius 2 is 2.08 bits per heavy atom. The van der Waals surface area contributed by atoms with Gasteiger partial charge in [0, 0.05) is 49.1 Å². The van der Waals surface area contributed by atoms with Crippen LogP contribution >= 0.6 is 0 Å². The van der Waals surface area contributed by atoms with Gasteiger partial charge in [0.05, 0.1) is 0 Å². The minimum atomic E-state index is -0.586. The topological polar surface area (TPSA) is 53.6 Å². The van der Waals surface area contributed by atoms with Crippen LogP contribution in [0.2, 0.25) is 0 Å². The number of amides is 2. The predicted molar refractivity (Wildman–Crippen MR) is 95.1 cm³/mol. The van der Waals surface area contributed by atoms with E-state index in [0.29, 0.717) is 44.0 Å². The highest BCUT2D eigenvalue weighted by molar-refractivity contribution is 5.89. The van der Waals surface area contributed by atoms with Crippen LogP contribution in [0, 0.1) is 11.6 Å². The molecule has 2 amide bonds. The van der Waals surface area contributed by atoms with Gasteiger partial charge in [0.1, 0.15) is 24.0 Å².